The molecule has 0 aliphatic rings. The van der Waals surface area contributed by atoms with Crippen LogP contribution >= 0.6 is 19.2 Å². The summed E-state index contributed by atoms with van der Waals surface area (Å²) in [5.74, 6) is 0. The second kappa shape index (κ2) is 4.54. The van der Waals surface area contributed by atoms with Crippen LogP contribution in [0, 0.1) is 0 Å². The van der Waals surface area contributed by atoms with E-state index in [0.717, 1.165) is 0 Å². The average Bonchev–Trinajstić information content (AvgIpc) is 2.07. The van der Waals surface area contributed by atoms with Crippen molar-refractivity contribution in [3.63, 3.8) is 0 Å². The molecule has 0 aliphatic heterocycles. The van der Waals surface area contributed by atoms with Gasteiger partial charge in [0.05, 0.1) is 5.51 Å². The molecule has 0 aliphatic carbocycles. The average molecular weight is 183 g/mol. The van der Waals surface area contributed by atoms with Crippen molar-refractivity contribution in [2.24, 2.45) is 0 Å². The van der Waals surface area contributed by atoms with Gasteiger partial charge in [-0.05, 0) is 0 Å². The molecule has 0 radical (unpaired) electrons. The summed E-state index contributed by atoms with van der Waals surface area (Å²) < 4.78 is 8.88. The number of hydrogen-bond donors (Lipinski definition) is 3. The van der Waals surface area contributed by atoms with Gasteiger partial charge in [0, 0.05) is 11.6 Å². The van der Waals surface area contributed by atoms with Crippen LogP contribution in [-0.4, -0.2) is 19.7 Å². The lowest BCUT2D eigenvalue weighted by molar-refractivity contribution is 0.275. The second-order valence-corrected chi connectivity index (χ2v) is 2.97. The van der Waals surface area contributed by atoms with Gasteiger partial charge in [-0.3, -0.25) is 4.98 Å². The predicted octanol–water partition coefficient (Wildman–Crippen LogP) is 0.215. The molecule has 1 heterocycles. The Kier molecular flexibility index (Phi) is 4.42. The number of aromatic nitrogens is 1. The van der Waals surface area contributed by atoms with Gasteiger partial charge < -0.3 is 14.7 Å². The molecule has 1 aromatic rings. The zero-order valence-electron chi connectivity index (χ0n) is 4.78. The highest BCUT2D eigenvalue weighted by atomic mass is 32.1. The van der Waals surface area contributed by atoms with Crippen LogP contribution < -0.4 is 0 Å². The minimum atomic E-state index is -4.64. The standard InChI is InChI=1S/C3H3NS.H3O4P/c1-2-5-3-4-1;1-5(2,3)4/h1-3H;(H3,1,2,3,4). The fourth-order valence-corrected chi connectivity index (χ4v) is 0.527. The van der Waals surface area contributed by atoms with Gasteiger partial charge in [0.2, 0.25) is 0 Å². The Morgan fingerprint density at radius 1 is 1.40 bits per heavy atom. The molecular formula is C3H6NO4PS. The lowest BCUT2D eigenvalue weighted by Crippen LogP contribution is -1.66. The van der Waals surface area contributed by atoms with Crippen molar-refractivity contribution in [2.45, 2.75) is 0 Å². The highest BCUT2D eigenvalue weighted by Gasteiger charge is 2.00. The van der Waals surface area contributed by atoms with Crippen LogP contribution in [0.4, 0.5) is 0 Å². The molecular weight excluding hydrogens is 177 g/mol. The Bertz CT molecular complexity index is 169. The Hall–Kier alpha value is -0.260. The predicted molar refractivity (Wildman–Crippen MR) is 36.4 cm³/mol. The van der Waals surface area contributed by atoms with Crippen molar-refractivity contribution >= 4 is 19.2 Å². The van der Waals surface area contributed by atoms with Gasteiger partial charge in [-0.25, -0.2) is 4.57 Å². The summed E-state index contributed by atoms with van der Waals surface area (Å²) in [4.78, 5) is 25.3. The summed E-state index contributed by atoms with van der Waals surface area (Å²) >= 11 is 1.60. The molecule has 0 atom stereocenters. The van der Waals surface area contributed by atoms with Gasteiger partial charge in [-0.15, -0.1) is 11.3 Å². The van der Waals surface area contributed by atoms with Crippen LogP contribution in [-0.2, 0) is 4.57 Å². The topological polar surface area (TPSA) is 90.7 Å². The molecule has 0 saturated carbocycles. The number of thiazole rings is 1. The van der Waals surface area contributed by atoms with Crippen LogP contribution in [0.1, 0.15) is 0 Å². The first-order valence-electron chi connectivity index (χ1n) is 2.10. The zero-order chi connectivity index (χ0) is 8.04. The fraction of sp³-hybridized carbons (Fsp3) is 0. The number of phosphoric acid groups is 1. The van der Waals surface area contributed by atoms with E-state index in [2.05, 4.69) is 4.98 Å². The van der Waals surface area contributed by atoms with Crippen LogP contribution in [0.3, 0.4) is 0 Å². The van der Waals surface area contributed by atoms with Crippen molar-refractivity contribution in [1.29, 1.82) is 0 Å². The molecule has 1 rings (SSSR count). The number of hydrogen-bond acceptors (Lipinski definition) is 3. The van der Waals surface area contributed by atoms with Gasteiger partial charge in [0.25, 0.3) is 0 Å². The molecule has 5 nitrogen and oxygen atoms in total. The van der Waals surface area contributed by atoms with Gasteiger partial charge >= 0.3 is 7.82 Å². The zero-order valence-corrected chi connectivity index (χ0v) is 6.50. The summed E-state index contributed by atoms with van der Waals surface area (Å²) in [6, 6.07) is 0. The third-order valence-corrected chi connectivity index (χ3v) is 0.869. The Morgan fingerprint density at radius 2 is 1.90 bits per heavy atom. The Labute approximate surface area is 61.2 Å². The third-order valence-electron chi connectivity index (χ3n) is 0.347. The minimum Gasteiger partial charge on any atom is -0.303 e. The Morgan fingerprint density at radius 3 is 2.00 bits per heavy atom. The lowest BCUT2D eigenvalue weighted by atomic mass is 11.0. The van der Waals surface area contributed by atoms with E-state index < -0.39 is 7.82 Å². The van der Waals surface area contributed by atoms with E-state index in [0.29, 0.717) is 0 Å². The van der Waals surface area contributed by atoms with E-state index in [-0.39, 0.29) is 0 Å². The molecule has 58 valence electrons. The highest BCUT2D eigenvalue weighted by molar-refractivity contribution is 7.45. The monoisotopic (exact) mass is 183 g/mol. The molecule has 0 fully saturated rings. The van der Waals surface area contributed by atoms with Crippen molar-refractivity contribution in [3.05, 3.63) is 17.1 Å². The molecule has 0 amide bonds. The van der Waals surface area contributed by atoms with Crippen LogP contribution in [0.2, 0.25) is 0 Å². The summed E-state index contributed by atoms with van der Waals surface area (Å²) in [5.41, 5.74) is 1.79. The molecule has 1 aromatic heterocycles. The van der Waals surface area contributed by atoms with E-state index in [9.17, 15) is 0 Å². The lowest BCUT2D eigenvalue weighted by Gasteiger charge is -1.82. The first-order valence-corrected chi connectivity index (χ1v) is 4.61. The molecule has 0 aromatic carbocycles. The SMILES string of the molecule is O=P(O)(O)O.c1cscn1. The van der Waals surface area contributed by atoms with E-state index in [4.69, 9.17) is 19.2 Å². The number of nitrogens with zero attached hydrogens (tertiary/aromatic N) is 1. The molecule has 0 bridgehead atoms. The van der Waals surface area contributed by atoms with Crippen molar-refractivity contribution in [1.82, 2.24) is 4.98 Å². The van der Waals surface area contributed by atoms with Gasteiger partial charge in [0.1, 0.15) is 0 Å². The smallest absolute Gasteiger partial charge is 0.303 e. The fourth-order valence-electron chi connectivity index (χ4n) is 0.176. The maximum atomic E-state index is 8.88. The van der Waals surface area contributed by atoms with Crippen LogP contribution in [0.15, 0.2) is 17.1 Å². The van der Waals surface area contributed by atoms with E-state index in [1.807, 2.05) is 5.38 Å². The van der Waals surface area contributed by atoms with Crippen molar-refractivity contribution in [3.8, 4) is 0 Å². The molecule has 0 saturated heterocycles. The van der Waals surface area contributed by atoms with Crippen molar-refractivity contribution in [2.75, 3.05) is 0 Å². The summed E-state index contributed by atoms with van der Waals surface area (Å²) in [7, 11) is -4.64. The first kappa shape index (κ1) is 9.74. The van der Waals surface area contributed by atoms with E-state index >= 15 is 0 Å². The van der Waals surface area contributed by atoms with Gasteiger partial charge in [-0.1, -0.05) is 0 Å². The summed E-state index contributed by atoms with van der Waals surface area (Å²) in [6.45, 7) is 0. The summed E-state index contributed by atoms with van der Waals surface area (Å²) in [5, 5.41) is 1.93. The largest absolute Gasteiger partial charge is 0.466 e. The minimum absolute atomic E-state index is 1.60. The molecule has 0 unspecified atom stereocenters. The molecule has 3 N–H and O–H groups in total. The van der Waals surface area contributed by atoms with E-state index in [1.165, 1.54) is 0 Å². The van der Waals surface area contributed by atoms with Crippen LogP contribution in [0.5, 0.6) is 0 Å². The normalized spacial score (nSPS) is 9.90. The number of rotatable bonds is 0. The van der Waals surface area contributed by atoms with E-state index in [1.54, 1.807) is 23.0 Å². The molecule has 7 heteroatoms. The summed E-state index contributed by atoms with van der Waals surface area (Å²) in [6.07, 6.45) is 1.77. The maximum Gasteiger partial charge on any atom is 0.466 e. The maximum absolute atomic E-state index is 8.88. The van der Waals surface area contributed by atoms with Crippen LogP contribution in [0.25, 0.3) is 0 Å². The first-order chi connectivity index (χ1) is 4.50. The quantitative estimate of drug-likeness (QED) is 0.500. The third kappa shape index (κ3) is 15.6. The highest BCUT2D eigenvalue weighted by Crippen LogP contribution is 2.25. The van der Waals surface area contributed by atoms with Gasteiger partial charge in [0.15, 0.2) is 0 Å². The van der Waals surface area contributed by atoms with Crippen molar-refractivity contribution < 1.29 is 19.2 Å². The molecule has 0 spiro atoms. The Balaban J connectivity index is 0.000000162. The second-order valence-electron chi connectivity index (χ2n) is 1.19. The molecule has 10 heavy (non-hydrogen) atoms. The van der Waals surface area contributed by atoms with Gasteiger partial charge in [-0.2, -0.15) is 0 Å².